The molecule has 0 aliphatic carbocycles. The molecule has 1 aromatic carbocycles. The lowest BCUT2D eigenvalue weighted by Crippen LogP contribution is -2.24. The summed E-state index contributed by atoms with van der Waals surface area (Å²) in [5.41, 5.74) is 0.682. The summed E-state index contributed by atoms with van der Waals surface area (Å²) in [4.78, 5) is 3.94. The van der Waals surface area contributed by atoms with Crippen LogP contribution >= 0.6 is 0 Å². The second kappa shape index (κ2) is 5.83. The summed E-state index contributed by atoms with van der Waals surface area (Å²) in [5, 5.41) is 12.0. The van der Waals surface area contributed by atoms with Crippen LogP contribution in [0.25, 0.3) is 0 Å². The third-order valence-corrected chi connectivity index (χ3v) is 3.98. The van der Waals surface area contributed by atoms with Crippen LogP contribution in [0.2, 0.25) is 0 Å². The lowest BCUT2D eigenvalue weighted by atomic mass is 10.1. The number of benzene rings is 1. The molecule has 0 aromatic heterocycles. The Hall–Kier alpha value is -1.89. The van der Waals surface area contributed by atoms with Crippen LogP contribution < -0.4 is 0 Å². The van der Waals surface area contributed by atoms with Gasteiger partial charge in [0, 0.05) is 5.56 Å². The maximum atomic E-state index is 12.0. The molecule has 6 nitrogen and oxygen atoms in total. The van der Waals surface area contributed by atoms with Crippen LogP contribution in [0.3, 0.4) is 0 Å². The number of nitrogens with zero attached hydrogens (tertiary/aromatic N) is 2. The second-order valence-corrected chi connectivity index (χ2v) is 6.13. The Bertz CT molecular complexity index is 593. The summed E-state index contributed by atoms with van der Waals surface area (Å²) in [7, 11) is -3.47. The third kappa shape index (κ3) is 3.78. The molecule has 0 fully saturated rings. The lowest BCUT2D eigenvalue weighted by Gasteiger charge is -2.06. The molecule has 0 spiro atoms. The fraction of sp³-hybridized carbons (Fsp3) is 0.333. The average molecular weight is 282 g/mol. The first-order valence-electron chi connectivity index (χ1n) is 5.73. The zero-order valence-electron chi connectivity index (χ0n) is 10.2. The third-order valence-electron chi connectivity index (χ3n) is 2.58. The van der Waals surface area contributed by atoms with Gasteiger partial charge in [0.1, 0.15) is 18.1 Å². The Morgan fingerprint density at radius 2 is 2.11 bits per heavy atom. The van der Waals surface area contributed by atoms with E-state index >= 15 is 0 Å². The predicted octanol–water partition coefficient (Wildman–Crippen LogP) is 0.708. The summed E-state index contributed by atoms with van der Waals surface area (Å²) >= 11 is 0. The summed E-state index contributed by atoms with van der Waals surface area (Å²) in [5.74, 6) is -0.389. The van der Waals surface area contributed by atoms with E-state index in [9.17, 15) is 8.42 Å². The first kappa shape index (κ1) is 13.5. The summed E-state index contributed by atoms with van der Waals surface area (Å²) < 4.78 is 29.0. The van der Waals surface area contributed by atoms with Crippen molar-refractivity contribution in [2.24, 2.45) is 10.1 Å². The van der Waals surface area contributed by atoms with Crippen LogP contribution in [-0.2, 0) is 14.6 Å². The Balaban J connectivity index is 2.10. The molecule has 2 rings (SSSR count). The van der Waals surface area contributed by atoms with Gasteiger partial charge in [-0.3, -0.25) is 4.99 Å². The molecule has 0 atom stereocenters. The van der Waals surface area contributed by atoms with Crippen molar-refractivity contribution >= 4 is 21.4 Å². The van der Waals surface area contributed by atoms with Crippen molar-refractivity contribution in [1.82, 2.24) is 0 Å². The van der Waals surface area contributed by atoms with E-state index in [0.29, 0.717) is 18.7 Å². The van der Waals surface area contributed by atoms with Gasteiger partial charge in [-0.2, -0.15) is 0 Å². The molecule has 0 amide bonds. The first-order valence-corrected chi connectivity index (χ1v) is 7.56. The van der Waals surface area contributed by atoms with Crippen molar-refractivity contribution in [3.05, 3.63) is 35.9 Å². The molecular formula is C12H14N2O4S. The van der Waals surface area contributed by atoms with Crippen molar-refractivity contribution in [3.63, 3.8) is 0 Å². The molecule has 0 radical (unpaired) electrons. The number of aliphatic imine (C=N–C) groups is 1. The van der Waals surface area contributed by atoms with E-state index in [1.807, 2.05) is 0 Å². The first-order chi connectivity index (χ1) is 9.11. The van der Waals surface area contributed by atoms with Crippen LogP contribution in [0.5, 0.6) is 0 Å². The highest BCUT2D eigenvalue weighted by molar-refractivity contribution is 7.92. The average Bonchev–Trinajstić information content (AvgIpc) is 2.89. The molecular weight excluding hydrogens is 268 g/mol. The minimum atomic E-state index is -3.47. The number of oxime groups is 1. The topological polar surface area (TPSA) is 88.3 Å². The van der Waals surface area contributed by atoms with Crippen LogP contribution in [0, 0.1) is 0 Å². The molecule has 1 aromatic rings. The van der Waals surface area contributed by atoms with E-state index in [0.717, 1.165) is 0 Å². The predicted molar refractivity (Wildman–Crippen MR) is 71.7 cm³/mol. The smallest absolute Gasteiger partial charge is 0.198 e. The molecule has 7 heteroatoms. The maximum absolute atomic E-state index is 12.0. The Labute approximate surface area is 111 Å². The number of ether oxygens (including phenoxy) is 1. The Kier molecular flexibility index (Phi) is 4.16. The SMILES string of the molecule is O=S(=O)(CC1=NCCO1)C/C(=N/O)c1ccccc1. The molecule has 0 saturated carbocycles. The molecule has 1 N–H and O–H groups in total. The van der Waals surface area contributed by atoms with E-state index in [-0.39, 0.29) is 23.1 Å². The van der Waals surface area contributed by atoms with Gasteiger partial charge in [-0.05, 0) is 0 Å². The number of hydrogen-bond donors (Lipinski definition) is 1. The van der Waals surface area contributed by atoms with E-state index in [4.69, 9.17) is 9.94 Å². The van der Waals surface area contributed by atoms with Crippen LogP contribution in [0.4, 0.5) is 0 Å². The zero-order valence-corrected chi connectivity index (χ0v) is 11.0. The normalized spacial score (nSPS) is 16.0. The number of hydrogen-bond acceptors (Lipinski definition) is 6. The molecule has 1 heterocycles. The van der Waals surface area contributed by atoms with Crippen LogP contribution in [0.1, 0.15) is 5.56 Å². The van der Waals surface area contributed by atoms with Crippen LogP contribution in [0.15, 0.2) is 40.5 Å². The van der Waals surface area contributed by atoms with E-state index in [2.05, 4.69) is 10.1 Å². The number of sulfone groups is 1. The summed E-state index contributed by atoms with van der Waals surface area (Å²) in [6, 6.07) is 8.67. The molecule has 0 unspecified atom stereocenters. The van der Waals surface area contributed by atoms with Crippen molar-refractivity contribution in [1.29, 1.82) is 0 Å². The zero-order chi connectivity index (χ0) is 13.7. The second-order valence-electron chi connectivity index (χ2n) is 4.07. The standard InChI is InChI=1S/C12H14N2O4S/c15-14-11(10-4-2-1-3-5-10)8-19(16,17)9-12-13-6-7-18-12/h1-5,15H,6-9H2/b14-11-. The van der Waals surface area contributed by atoms with Gasteiger partial charge in [-0.25, -0.2) is 8.42 Å². The molecule has 0 saturated heterocycles. The van der Waals surface area contributed by atoms with Crippen LogP contribution in [-0.4, -0.2) is 49.9 Å². The maximum Gasteiger partial charge on any atom is 0.198 e. The van der Waals surface area contributed by atoms with Crippen molar-refractivity contribution in [3.8, 4) is 0 Å². The highest BCUT2D eigenvalue weighted by atomic mass is 32.2. The lowest BCUT2D eigenvalue weighted by molar-refractivity contribution is 0.319. The Morgan fingerprint density at radius 3 is 2.68 bits per heavy atom. The highest BCUT2D eigenvalue weighted by Gasteiger charge is 2.22. The van der Waals surface area contributed by atoms with Gasteiger partial charge in [-0.1, -0.05) is 35.5 Å². The van der Waals surface area contributed by atoms with Gasteiger partial charge in [0.25, 0.3) is 0 Å². The molecule has 0 bridgehead atoms. The quantitative estimate of drug-likeness (QED) is 0.489. The number of rotatable bonds is 5. The van der Waals surface area contributed by atoms with E-state index in [1.165, 1.54) is 0 Å². The highest BCUT2D eigenvalue weighted by Crippen LogP contribution is 2.06. The fourth-order valence-electron chi connectivity index (χ4n) is 1.71. The minimum absolute atomic E-state index is 0.110. The molecule has 1 aliphatic heterocycles. The molecule has 1 aliphatic rings. The fourth-order valence-corrected chi connectivity index (χ4v) is 3.01. The van der Waals surface area contributed by atoms with E-state index < -0.39 is 9.84 Å². The molecule has 102 valence electrons. The summed E-state index contributed by atoms with van der Waals surface area (Å²) in [6.45, 7) is 0.912. The van der Waals surface area contributed by atoms with Crippen molar-refractivity contribution < 1.29 is 18.4 Å². The van der Waals surface area contributed by atoms with Crippen molar-refractivity contribution in [2.45, 2.75) is 0 Å². The summed E-state index contributed by atoms with van der Waals surface area (Å²) in [6.07, 6.45) is 0. The van der Waals surface area contributed by atoms with Crippen molar-refractivity contribution in [2.75, 3.05) is 24.7 Å². The Morgan fingerprint density at radius 1 is 1.37 bits per heavy atom. The van der Waals surface area contributed by atoms with Gasteiger partial charge in [-0.15, -0.1) is 0 Å². The largest absolute Gasteiger partial charge is 0.478 e. The van der Waals surface area contributed by atoms with E-state index in [1.54, 1.807) is 30.3 Å². The van der Waals surface area contributed by atoms with Gasteiger partial charge in [0.15, 0.2) is 15.7 Å². The van der Waals surface area contributed by atoms with Gasteiger partial charge in [0.2, 0.25) is 0 Å². The molecule has 19 heavy (non-hydrogen) atoms. The minimum Gasteiger partial charge on any atom is -0.478 e. The van der Waals surface area contributed by atoms with Gasteiger partial charge in [0.05, 0.1) is 12.3 Å². The van der Waals surface area contributed by atoms with Gasteiger partial charge < -0.3 is 9.94 Å². The monoisotopic (exact) mass is 282 g/mol. The van der Waals surface area contributed by atoms with Gasteiger partial charge >= 0.3 is 0 Å².